The van der Waals surface area contributed by atoms with Crippen LogP contribution in [0.25, 0.3) is 11.3 Å². The monoisotopic (exact) mass is 372 g/mol. The highest BCUT2D eigenvalue weighted by atomic mass is 35.5. The Morgan fingerprint density at radius 3 is 2.58 bits per heavy atom. The number of anilines is 3. The summed E-state index contributed by atoms with van der Waals surface area (Å²) in [6.07, 6.45) is 0. The van der Waals surface area contributed by atoms with Gasteiger partial charge in [-0.05, 0) is 19.1 Å². The van der Waals surface area contributed by atoms with Crippen molar-refractivity contribution in [2.45, 2.75) is 13.0 Å². The number of benzene rings is 2. The van der Waals surface area contributed by atoms with Crippen molar-refractivity contribution < 1.29 is 9.50 Å². The van der Waals surface area contributed by atoms with Crippen LogP contribution in [-0.4, -0.2) is 27.7 Å². The number of rotatable bonds is 6. The Labute approximate surface area is 155 Å². The topological polar surface area (TPSA) is 70.1 Å². The maximum Gasteiger partial charge on any atom is 0.225 e. The predicted molar refractivity (Wildman–Crippen MR) is 102 cm³/mol. The van der Waals surface area contributed by atoms with Crippen LogP contribution in [0.3, 0.4) is 0 Å². The zero-order chi connectivity index (χ0) is 18.5. The molecule has 26 heavy (non-hydrogen) atoms. The van der Waals surface area contributed by atoms with Crippen molar-refractivity contribution in [1.82, 2.24) is 9.97 Å². The van der Waals surface area contributed by atoms with E-state index in [-0.39, 0.29) is 23.4 Å². The normalized spacial score (nSPS) is 11.8. The second-order valence-corrected chi connectivity index (χ2v) is 6.18. The summed E-state index contributed by atoms with van der Waals surface area (Å²) in [6, 6.07) is 15.5. The quantitative estimate of drug-likeness (QED) is 0.595. The van der Waals surface area contributed by atoms with E-state index in [1.54, 1.807) is 19.1 Å². The number of nitrogens with zero attached hydrogens (tertiary/aromatic N) is 2. The zero-order valence-electron chi connectivity index (χ0n) is 14.1. The van der Waals surface area contributed by atoms with Crippen LogP contribution in [0.15, 0.2) is 54.6 Å². The summed E-state index contributed by atoms with van der Waals surface area (Å²) in [4.78, 5) is 8.83. The number of halogens is 2. The van der Waals surface area contributed by atoms with Gasteiger partial charge in [-0.15, -0.1) is 0 Å². The van der Waals surface area contributed by atoms with E-state index in [0.29, 0.717) is 17.5 Å². The van der Waals surface area contributed by atoms with E-state index in [9.17, 15) is 9.50 Å². The smallest absolute Gasteiger partial charge is 0.225 e. The van der Waals surface area contributed by atoms with Crippen molar-refractivity contribution in [1.29, 1.82) is 0 Å². The number of aliphatic hydroxyl groups excluding tert-OH is 1. The molecule has 0 radical (unpaired) electrons. The van der Waals surface area contributed by atoms with Gasteiger partial charge in [-0.1, -0.05) is 48.0 Å². The van der Waals surface area contributed by atoms with Crippen molar-refractivity contribution in [3.63, 3.8) is 0 Å². The third kappa shape index (κ3) is 4.28. The molecule has 3 rings (SSSR count). The number of aromatic nitrogens is 2. The van der Waals surface area contributed by atoms with Gasteiger partial charge in [0.15, 0.2) is 0 Å². The highest BCUT2D eigenvalue weighted by molar-refractivity contribution is 6.33. The average molecular weight is 373 g/mol. The van der Waals surface area contributed by atoms with Crippen molar-refractivity contribution in [3.05, 3.63) is 65.4 Å². The molecule has 134 valence electrons. The van der Waals surface area contributed by atoms with Gasteiger partial charge >= 0.3 is 0 Å². The Bertz CT molecular complexity index is 872. The fraction of sp³-hybridized carbons (Fsp3) is 0.158. The van der Waals surface area contributed by atoms with Gasteiger partial charge in [0.2, 0.25) is 5.95 Å². The number of nitrogens with one attached hydrogen (secondary N) is 2. The highest BCUT2D eigenvalue weighted by Crippen LogP contribution is 2.29. The van der Waals surface area contributed by atoms with Gasteiger partial charge in [-0.2, -0.15) is 4.98 Å². The van der Waals surface area contributed by atoms with Gasteiger partial charge < -0.3 is 15.7 Å². The van der Waals surface area contributed by atoms with E-state index < -0.39 is 5.82 Å². The largest absolute Gasteiger partial charge is 0.394 e. The lowest BCUT2D eigenvalue weighted by Gasteiger charge is -2.15. The van der Waals surface area contributed by atoms with E-state index in [2.05, 4.69) is 20.6 Å². The predicted octanol–water partition coefficient (Wildman–Crippen LogP) is 4.47. The van der Waals surface area contributed by atoms with Crippen molar-refractivity contribution in [2.75, 3.05) is 17.2 Å². The van der Waals surface area contributed by atoms with Crippen LogP contribution >= 0.6 is 11.6 Å². The molecule has 0 saturated heterocycles. The van der Waals surface area contributed by atoms with Gasteiger partial charge in [0.25, 0.3) is 0 Å². The molecule has 7 heteroatoms. The number of aliphatic hydroxyl groups is 1. The Morgan fingerprint density at radius 2 is 1.88 bits per heavy atom. The molecule has 3 aromatic rings. The minimum Gasteiger partial charge on any atom is -0.394 e. The third-order valence-electron chi connectivity index (χ3n) is 3.66. The summed E-state index contributed by atoms with van der Waals surface area (Å²) in [7, 11) is 0. The maximum atomic E-state index is 14.1. The van der Waals surface area contributed by atoms with E-state index in [1.165, 1.54) is 12.1 Å². The molecule has 1 aromatic heterocycles. The van der Waals surface area contributed by atoms with Gasteiger partial charge in [-0.3, -0.25) is 0 Å². The van der Waals surface area contributed by atoms with E-state index >= 15 is 0 Å². The Kier molecular flexibility index (Phi) is 5.65. The fourth-order valence-corrected chi connectivity index (χ4v) is 2.55. The summed E-state index contributed by atoms with van der Waals surface area (Å²) in [5, 5.41) is 15.5. The Hall–Kier alpha value is -2.70. The van der Waals surface area contributed by atoms with E-state index in [1.807, 2.05) is 30.3 Å². The van der Waals surface area contributed by atoms with Crippen molar-refractivity contribution >= 4 is 29.1 Å². The molecule has 3 N–H and O–H groups in total. The molecule has 0 saturated carbocycles. The third-order valence-corrected chi connectivity index (χ3v) is 3.98. The van der Waals surface area contributed by atoms with Gasteiger partial charge in [0, 0.05) is 17.7 Å². The first-order chi connectivity index (χ1) is 12.6. The summed E-state index contributed by atoms with van der Waals surface area (Å²) in [5.41, 5.74) is 1.69. The molecule has 0 fully saturated rings. The molecule has 0 amide bonds. The lowest BCUT2D eigenvalue weighted by molar-refractivity contribution is 0.281. The van der Waals surface area contributed by atoms with Crippen LogP contribution in [0.5, 0.6) is 0 Å². The standard InChI is InChI=1S/C19H18ClFN4O/c1-12(11-26)22-19-23-16(13-6-3-2-4-7-13)10-17(25-19)24-18-14(20)8-5-9-15(18)21/h2-10,12,26H,11H2,1H3,(H2,22,23,24,25)/t12-/m1/s1. The van der Waals surface area contributed by atoms with Gasteiger partial charge in [0.05, 0.1) is 23.0 Å². The van der Waals surface area contributed by atoms with Crippen LogP contribution in [0.1, 0.15) is 6.92 Å². The first-order valence-corrected chi connectivity index (χ1v) is 8.47. The molecular formula is C19H18ClFN4O. The van der Waals surface area contributed by atoms with Gasteiger partial charge in [-0.25, -0.2) is 9.37 Å². The lowest BCUT2D eigenvalue weighted by atomic mass is 10.1. The minimum atomic E-state index is -0.476. The molecule has 1 atom stereocenters. The van der Waals surface area contributed by atoms with Crippen LogP contribution in [0, 0.1) is 5.82 Å². The molecule has 0 aliphatic carbocycles. The number of para-hydroxylation sites is 1. The fourth-order valence-electron chi connectivity index (χ4n) is 2.34. The number of hydrogen-bond donors (Lipinski definition) is 3. The van der Waals surface area contributed by atoms with E-state index in [0.717, 1.165) is 5.56 Å². The highest BCUT2D eigenvalue weighted by Gasteiger charge is 2.12. The van der Waals surface area contributed by atoms with E-state index in [4.69, 9.17) is 11.6 Å². The van der Waals surface area contributed by atoms with Crippen LogP contribution < -0.4 is 10.6 Å². The summed E-state index contributed by atoms with van der Waals surface area (Å²) in [5.74, 6) is 0.233. The average Bonchev–Trinajstić information content (AvgIpc) is 2.65. The molecule has 1 heterocycles. The zero-order valence-corrected chi connectivity index (χ0v) is 14.8. The number of hydrogen-bond acceptors (Lipinski definition) is 5. The minimum absolute atomic E-state index is 0.0686. The Morgan fingerprint density at radius 1 is 1.12 bits per heavy atom. The Balaban J connectivity index is 2.02. The molecule has 0 bridgehead atoms. The molecular weight excluding hydrogens is 355 g/mol. The first kappa shape index (κ1) is 18.1. The maximum absolute atomic E-state index is 14.1. The summed E-state index contributed by atoms with van der Waals surface area (Å²) < 4.78 is 14.1. The summed E-state index contributed by atoms with van der Waals surface area (Å²) in [6.45, 7) is 1.74. The SMILES string of the molecule is C[C@H](CO)Nc1nc(Nc2c(F)cccc2Cl)cc(-c2ccccc2)n1. The second-order valence-electron chi connectivity index (χ2n) is 5.78. The molecule has 0 unspecified atom stereocenters. The second kappa shape index (κ2) is 8.12. The molecule has 0 spiro atoms. The first-order valence-electron chi connectivity index (χ1n) is 8.09. The summed E-state index contributed by atoms with van der Waals surface area (Å²) >= 11 is 6.09. The molecule has 0 aliphatic heterocycles. The van der Waals surface area contributed by atoms with Crippen molar-refractivity contribution in [3.8, 4) is 11.3 Å². The molecule has 0 aliphatic rings. The van der Waals surface area contributed by atoms with Crippen LogP contribution in [0.2, 0.25) is 5.02 Å². The van der Waals surface area contributed by atoms with Crippen molar-refractivity contribution in [2.24, 2.45) is 0 Å². The molecule has 2 aromatic carbocycles. The van der Waals surface area contributed by atoms with Crippen LogP contribution in [0.4, 0.5) is 21.8 Å². The van der Waals surface area contributed by atoms with Crippen LogP contribution in [-0.2, 0) is 0 Å². The van der Waals surface area contributed by atoms with Gasteiger partial charge in [0.1, 0.15) is 11.6 Å². The lowest BCUT2D eigenvalue weighted by Crippen LogP contribution is -2.21. The molecule has 5 nitrogen and oxygen atoms in total.